The molecule has 2 fully saturated rings. The lowest BCUT2D eigenvalue weighted by atomic mass is 10.1. The predicted octanol–water partition coefficient (Wildman–Crippen LogP) is 2.71. The zero-order valence-corrected chi connectivity index (χ0v) is 16.8. The minimum Gasteiger partial charge on any atom is -0.493 e. The van der Waals surface area contributed by atoms with E-state index in [1.54, 1.807) is 21.3 Å². The predicted molar refractivity (Wildman–Crippen MR) is 104 cm³/mol. The molecule has 1 saturated carbocycles. The largest absolute Gasteiger partial charge is 0.493 e. The molecule has 0 spiro atoms. The molecule has 6 nitrogen and oxygen atoms in total. The van der Waals surface area contributed by atoms with Crippen LogP contribution < -0.4 is 14.2 Å². The third-order valence-electron chi connectivity index (χ3n) is 5.44. The van der Waals surface area contributed by atoms with E-state index in [0.29, 0.717) is 23.2 Å². The number of carbonyl (C=O) groups is 1. The Bertz CT molecular complexity index is 704. The number of ether oxygens (including phenoxy) is 3. The fourth-order valence-electron chi connectivity index (χ4n) is 3.60. The number of nitrogens with zero attached hydrogens (tertiary/aromatic N) is 2. The van der Waals surface area contributed by atoms with Gasteiger partial charge in [-0.25, -0.2) is 0 Å². The van der Waals surface area contributed by atoms with Crippen LogP contribution in [0, 0.1) is 5.92 Å². The van der Waals surface area contributed by atoms with Crippen LogP contribution >= 0.6 is 0 Å². The van der Waals surface area contributed by atoms with Gasteiger partial charge in [0.2, 0.25) is 11.7 Å². The SMILES string of the molecule is COc1ccc(CN2CCN(C(=O)/C=C(/C)C3CC3)CC2)c(OC)c1OC. The lowest BCUT2D eigenvalue weighted by Crippen LogP contribution is -2.47. The van der Waals surface area contributed by atoms with Gasteiger partial charge in [-0.05, 0) is 31.7 Å². The second-order valence-electron chi connectivity index (χ2n) is 7.26. The molecule has 0 bridgehead atoms. The number of carbonyl (C=O) groups excluding carboxylic acids is 1. The topological polar surface area (TPSA) is 51.2 Å². The van der Waals surface area contributed by atoms with Gasteiger partial charge >= 0.3 is 0 Å². The Morgan fingerprint density at radius 1 is 1.04 bits per heavy atom. The lowest BCUT2D eigenvalue weighted by Gasteiger charge is -2.34. The maximum absolute atomic E-state index is 12.4. The Morgan fingerprint density at radius 2 is 1.70 bits per heavy atom. The van der Waals surface area contributed by atoms with Gasteiger partial charge in [-0.1, -0.05) is 11.6 Å². The first-order valence-electron chi connectivity index (χ1n) is 9.54. The summed E-state index contributed by atoms with van der Waals surface area (Å²) in [6.45, 7) is 6.03. The molecule has 2 aliphatic rings. The van der Waals surface area contributed by atoms with Gasteiger partial charge in [0, 0.05) is 44.4 Å². The number of amides is 1. The number of rotatable bonds is 7. The van der Waals surface area contributed by atoms with E-state index in [1.165, 1.54) is 18.4 Å². The first-order chi connectivity index (χ1) is 13.1. The van der Waals surface area contributed by atoms with Crippen molar-refractivity contribution in [3.05, 3.63) is 29.3 Å². The molecular weight excluding hydrogens is 344 g/mol. The summed E-state index contributed by atoms with van der Waals surface area (Å²) in [5, 5.41) is 0. The molecule has 1 aliphatic carbocycles. The molecule has 1 heterocycles. The quantitative estimate of drug-likeness (QED) is 0.687. The number of benzene rings is 1. The van der Waals surface area contributed by atoms with E-state index in [1.807, 2.05) is 23.1 Å². The number of methoxy groups -OCH3 is 3. The van der Waals surface area contributed by atoms with Crippen molar-refractivity contribution < 1.29 is 19.0 Å². The normalized spacial score (nSPS) is 18.4. The van der Waals surface area contributed by atoms with E-state index in [0.717, 1.165) is 38.3 Å². The lowest BCUT2D eigenvalue weighted by molar-refractivity contribution is -0.127. The molecule has 0 atom stereocenters. The maximum atomic E-state index is 12.4. The van der Waals surface area contributed by atoms with Gasteiger partial charge in [0.05, 0.1) is 21.3 Å². The van der Waals surface area contributed by atoms with Crippen LogP contribution in [0.3, 0.4) is 0 Å². The number of piperazine rings is 1. The van der Waals surface area contributed by atoms with Crippen molar-refractivity contribution in [3.63, 3.8) is 0 Å². The smallest absolute Gasteiger partial charge is 0.246 e. The number of allylic oxidation sites excluding steroid dienone is 1. The molecule has 1 aromatic rings. The van der Waals surface area contributed by atoms with Gasteiger partial charge in [-0.2, -0.15) is 0 Å². The highest BCUT2D eigenvalue weighted by Gasteiger charge is 2.26. The second kappa shape index (κ2) is 8.65. The summed E-state index contributed by atoms with van der Waals surface area (Å²) in [6.07, 6.45) is 4.30. The molecule has 148 valence electrons. The zero-order valence-electron chi connectivity index (χ0n) is 16.8. The van der Waals surface area contributed by atoms with Gasteiger partial charge < -0.3 is 19.1 Å². The average Bonchev–Trinajstić information content (AvgIpc) is 3.53. The van der Waals surface area contributed by atoms with Crippen LogP contribution in [0.2, 0.25) is 0 Å². The Kier molecular flexibility index (Phi) is 6.26. The van der Waals surface area contributed by atoms with Crippen molar-refractivity contribution >= 4 is 5.91 Å². The van der Waals surface area contributed by atoms with Crippen LogP contribution in [0.1, 0.15) is 25.3 Å². The number of hydrogen-bond acceptors (Lipinski definition) is 5. The minimum atomic E-state index is 0.155. The zero-order chi connectivity index (χ0) is 19.4. The van der Waals surface area contributed by atoms with Gasteiger partial charge in [0.15, 0.2) is 11.5 Å². The summed E-state index contributed by atoms with van der Waals surface area (Å²) in [7, 11) is 4.88. The highest BCUT2D eigenvalue weighted by atomic mass is 16.5. The highest BCUT2D eigenvalue weighted by Crippen LogP contribution is 2.40. The van der Waals surface area contributed by atoms with Crippen LogP contribution in [-0.2, 0) is 11.3 Å². The van der Waals surface area contributed by atoms with E-state index in [4.69, 9.17) is 14.2 Å². The summed E-state index contributed by atoms with van der Waals surface area (Å²) < 4.78 is 16.4. The van der Waals surface area contributed by atoms with Crippen LogP contribution in [-0.4, -0.2) is 63.2 Å². The van der Waals surface area contributed by atoms with E-state index >= 15 is 0 Å². The Morgan fingerprint density at radius 3 is 2.26 bits per heavy atom. The van der Waals surface area contributed by atoms with E-state index in [-0.39, 0.29) is 5.91 Å². The molecule has 1 saturated heterocycles. The molecule has 1 aliphatic heterocycles. The summed E-state index contributed by atoms with van der Waals surface area (Å²) in [4.78, 5) is 16.7. The summed E-state index contributed by atoms with van der Waals surface area (Å²) in [5.41, 5.74) is 2.29. The fourth-order valence-corrected chi connectivity index (χ4v) is 3.60. The maximum Gasteiger partial charge on any atom is 0.246 e. The molecule has 0 N–H and O–H groups in total. The molecule has 1 amide bonds. The van der Waals surface area contributed by atoms with Crippen molar-refractivity contribution in [1.82, 2.24) is 9.80 Å². The van der Waals surface area contributed by atoms with Gasteiger partial charge in [0.25, 0.3) is 0 Å². The molecule has 3 rings (SSSR count). The summed E-state index contributed by atoms with van der Waals surface area (Å²) in [5.74, 6) is 2.78. The Hall–Kier alpha value is -2.21. The highest BCUT2D eigenvalue weighted by molar-refractivity contribution is 5.88. The third-order valence-corrected chi connectivity index (χ3v) is 5.44. The minimum absolute atomic E-state index is 0.155. The van der Waals surface area contributed by atoms with Crippen molar-refractivity contribution in [2.75, 3.05) is 47.5 Å². The van der Waals surface area contributed by atoms with Gasteiger partial charge in [0.1, 0.15) is 0 Å². The monoisotopic (exact) mass is 374 g/mol. The van der Waals surface area contributed by atoms with Crippen molar-refractivity contribution in [3.8, 4) is 17.2 Å². The van der Waals surface area contributed by atoms with Crippen LogP contribution in [0.5, 0.6) is 17.2 Å². The standard InChI is InChI=1S/C21H30N2O4/c1-15(16-5-6-16)13-19(24)23-11-9-22(10-12-23)14-17-7-8-18(25-2)21(27-4)20(17)26-3/h7-8,13,16H,5-6,9-12,14H2,1-4H3/b15-13-. The van der Waals surface area contributed by atoms with E-state index in [2.05, 4.69) is 11.8 Å². The first-order valence-corrected chi connectivity index (χ1v) is 9.54. The second-order valence-corrected chi connectivity index (χ2v) is 7.26. The Labute approximate surface area is 161 Å². The van der Waals surface area contributed by atoms with Gasteiger partial charge in [-0.3, -0.25) is 9.69 Å². The van der Waals surface area contributed by atoms with Crippen molar-refractivity contribution in [2.24, 2.45) is 5.92 Å². The third kappa shape index (κ3) is 4.56. The molecule has 1 aromatic carbocycles. The van der Waals surface area contributed by atoms with Crippen LogP contribution in [0.25, 0.3) is 0 Å². The summed E-state index contributed by atoms with van der Waals surface area (Å²) >= 11 is 0. The van der Waals surface area contributed by atoms with Gasteiger partial charge in [-0.15, -0.1) is 0 Å². The average molecular weight is 374 g/mol. The number of hydrogen-bond donors (Lipinski definition) is 0. The van der Waals surface area contributed by atoms with Crippen molar-refractivity contribution in [2.45, 2.75) is 26.3 Å². The molecule has 0 radical (unpaired) electrons. The first kappa shape index (κ1) is 19.5. The van der Waals surface area contributed by atoms with Crippen LogP contribution in [0.15, 0.2) is 23.8 Å². The molecule has 6 heteroatoms. The van der Waals surface area contributed by atoms with E-state index < -0.39 is 0 Å². The molecule has 0 unspecified atom stereocenters. The van der Waals surface area contributed by atoms with E-state index in [9.17, 15) is 4.79 Å². The molecule has 0 aromatic heterocycles. The molecular formula is C21H30N2O4. The molecule has 27 heavy (non-hydrogen) atoms. The fraction of sp³-hybridized carbons (Fsp3) is 0.571. The van der Waals surface area contributed by atoms with Crippen LogP contribution in [0.4, 0.5) is 0 Å². The van der Waals surface area contributed by atoms with Crippen molar-refractivity contribution in [1.29, 1.82) is 0 Å². The Balaban J connectivity index is 1.60. The summed E-state index contributed by atoms with van der Waals surface area (Å²) in [6, 6.07) is 3.92.